The van der Waals surface area contributed by atoms with E-state index in [-0.39, 0.29) is 11.4 Å². The van der Waals surface area contributed by atoms with E-state index in [1.807, 2.05) is 19.1 Å². The van der Waals surface area contributed by atoms with E-state index in [0.29, 0.717) is 11.4 Å². The largest absolute Gasteiger partial charge is 0.497 e. The van der Waals surface area contributed by atoms with E-state index < -0.39 is 40.5 Å². The number of carbonyl (C=O) groups is 3. The Hall–Kier alpha value is -3.44. The number of esters is 1. The van der Waals surface area contributed by atoms with E-state index in [1.165, 1.54) is 45.3 Å². The third kappa shape index (κ3) is 7.88. The molecule has 178 valence electrons. The highest BCUT2D eigenvalue weighted by molar-refractivity contribution is 7.89. The van der Waals surface area contributed by atoms with Gasteiger partial charge in [0.15, 0.2) is 6.61 Å². The first-order chi connectivity index (χ1) is 15.5. The van der Waals surface area contributed by atoms with Crippen LogP contribution in [-0.4, -0.2) is 64.5 Å². The van der Waals surface area contributed by atoms with Gasteiger partial charge in [-0.05, 0) is 50.2 Å². The lowest BCUT2D eigenvalue weighted by atomic mass is 10.2. The molecule has 0 radical (unpaired) electrons. The van der Waals surface area contributed by atoms with Gasteiger partial charge in [0.1, 0.15) is 11.8 Å². The summed E-state index contributed by atoms with van der Waals surface area (Å²) in [5, 5.41) is 2.66. The minimum absolute atomic E-state index is 0.0571. The zero-order valence-electron chi connectivity index (χ0n) is 18.8. The van der Waals surface area contributed by atoms with Crippen molar-refractivity contribution < 1.29 is 32.3 Å². The smallest absolute Gasteiger partial charge is 0.324 e. The lowest BCUT2D eigenvalue weighted by Crippen LogP contribution is -2.42. The van der Waals surface area contributed by atoms with E-state index in [0.717, 1.165) is 10.5 Å². The fourth-order valence-corrected chi connectivity index (χ4v) is 3.80. The molecule has 0 aliphatic carbocycles. The van der Waals surface area contributed by atoms with Crippen LogP contribution in [0.1, 0.15) is 12.5 Å². The molecule has 2 amide bonds. The Morgan fingerprint density at radius 1 is 1.03 bits per heavy atom. The van der Waals surface area contributed by atoms with Crippen LogP contribution in [0.3, 0.4) is 0 Å². The van der Waals surface area contributed by atoms with Crippen LogP contribution in [-0.2, 0) is 29.1 Å². The van der Waals surface area contributed by atoms with Crippen LogP contribution in [0.5, 0.6) is 5.75 Å². The van der Waals surface area contributed by atoms with Gasteiger partial charge in [-0.2, -0.15) is 4.72 Å². The number of carbonyl (C=O) groups excluding carboxylic acids is 3. The molecule has 0 heterocycles. The summed E-state index contributed by atoms with van der Waals surface area (Å²) < 4.78 is 36.9. The maximum atomic E-state index is 12.4. The van der Waals surface area contributed by atoms with E-state index in [2.05, 4.69) is 10.0 Å². The predicted molar refractivity (Wildman–Crippen MR) is 121 cm³/mol. The molecule has 0 aliphatic rings. The van der Waals surface area contributed by atoms with E-state index in [1.54, 1.807) is 12.1 Å². The number of hydrogen-bond acceptors (Lipinski definition) is 7. The Morgan fingerprint density at radius 3 is 2.21 bits per heavy atom. The van der Waals surface area contributed by atoms with Crippen molar-refractivity contribution in [2.75, 3.05) is 32.6 Å². The number of nitrogens with zero attached hydrogens (tertiary/aromatic N) is 1. The number of nitrogens with one attached hydrogen (secondary N) is 2. The van der Waals surface area contributed by atoms with Gasteiger partial charge in [-0.1, -0.05) is 17.7 Å². The second-order valence-corrected chi connectivity index (χ2v) is 9.00. The Balaban J connectivity index is 1.82. The van der Waals surface area contributed by atoms with Crippen LogP contribution in [0.15, 0.2) is 53.4 Å². The Kier molecular flexibility index (Phi) is 8.94. The first-order valence-electron chi connectivity index (χ1n) is 9.95. The highest BCUT2D eigenvalue weighted by Gasteiger charge is 2.24. The third-order valence-electron chi connectivity index (χ3n) is 4.53. The summed E-state index contributed by atoms with van der Waals surface area (Å²) in [5.41, 5.74) is 1.64. The van der Waals surface area contributed by atoms with Gasteiger partial charge in [0.2, 0.25) is 15.9 Å². The van der Waals surface area contributed by atoms with Crippen LogP contribution < -0.4 is 14.8 Å². The van der Waals surface area contributed by atoms with Crippen molar-refractivity contribution in [2.24, 2.45) is 0 Å². The standard InChI is InChI=1S/C22H27N3O7S/c1-15-5-7-17(8-6-15)23-20(26)13-25(3)21(27)14-32-22(28)16(2)24-33(29,30)19-11-9-18(31-4)10-12-19/h5-12,16,24H,13-14H2,1-4H3,(H,23,26). The molecule has 1 atom stereocenters. The zero-order valence-corrected chi connectivity index (χ0v) is 19.6. The van der Waals surface area contributed by atoms with E-state index in [4.69, 9.17) is 9.47 Å². The molecule has 0 fully saturated rings. The van der Waals surface area contributed by atoms with Crippen molar-refractivity contribution in [3.63, 3.8) is 0 Å². The highest BCUT2D eigenvalue weighted by atomic mass is 32.2. The molecular formula is C22H27N3O7S. The van der Waals surface area contributed by atoms with Crippen molar-refractivity contribution in [3.8, 4) is 5.75 Å². The molecule has 10 nitrogen and oxygen atoms in total. The zero-order chi connectivity index (χ0) is 24.6. The Morgan fingerprint density at radius 2 is 1.64 bits per heavy atom. The molecule has 1 unspecified atom stereocenters. The topological polar surface area (TPSA) is 131 Å². The molecule has 0 saturated heterocycles. The Bertz CT molecular complexity index is 1080. The first-order valence-corrected chi connectivity index (χ1v) is 11.4. The quantitative estimate of drug-likeness (QED) is 0.493. The van der Waals surface area contributed by atoms with Crippen molar-refractivity contribution in [3.05, 3.63) is 54.1 Å². The minimum Gasteiger partial charge on any atom is -0.497 e. The maximum Gasteiger partial charge on any atom is 0.324 e. The van der Waals surface area contributed by atoms with Gasteiger partial charge in [0, 0.05) is 12.7 Å². The number of amides is 2. The maximum absolute atomic E-state index is 12.4. The van der Waals surface area contributed by atoms with Crippen molar-refractivity contribution in [1.29, 1.82) is 0 Å². The summed E-state index contributed by atoms with van der Waals surface area (Å²) in [4.78, 5) is 37.5. The number of benzene rings is 2. The van der Waals surface area contributed by atoms with E-state index >= 15 is 0 Å². The average molecular weight is 478 g/mol. The van der Waals surface area contributed by atoms with Crippen molar-refractivity contribution in [1.82, 2.24) is 9.62 Å². The molecule has 2 aromatic carbocycles. The molecule has 11 heteroatoms. The molecule has 0 spiro atoms. The average Bonchev–Trinajstić information content (AvgIpc) is 2.78. The third-order valence-corrected chi connectivity index (χ3v) is 6.09. The summed E-state index contributed by atoms with van der Waals surface area (Å²) in [7, 11) is -1.14. The fraction of sp³-hybridized carbons (Fsp3) is 0.318. The number of hydrogen-bond donors (Lipinski definition) is 2. The molecule has 0 aliphatic heterocycles. The van der Waals surface area contributed by atoms with Crippen molar-refractivity contribution >= 4 is 33.5 Å². The van der Waals surface area contributed by atoms with Gasteiger partial charge in [0.05, 0.1) is 18.6 Å². The number of rotatable bonds is 10. The lowest BCUT2D eigenvalue weighted by molar-refractivity contribution is -0.152. The molecule has 0 bridgehead atoms. The van der Waals surface area contributed by atoms with Crippen LogP contribution in [0.2, 0.25) is 0 Å². The molecule has 0 saturated carbocycles. The number of sulfonamides is 1. The summed E-state index contributed by atoms with van der Waals surface area (Å²) in [6, 6.07) is 11.5. The Labute approximate surface area is 192 Å². The minimum atomic E-state index is -3.99. The molecule has 33 heavy (non-hydrogen) atoms. The molecule has 2 aromatic rings. The molecule has 2 N–H and O–H groups in total. The number of methoxy groups -OCH3 is 1. The summed E-state index contributed by atoms with van der Waals surface area (Å²) >= 11 is 0. The van der Waals surface area contributed by atoms with Gasteiger partial charge in [-0.3, -0.25) is 14.4 Å². The summed E-state index contributed by atoms with van der Waals surface area (Å²) in [6.45, 7) is 2.34. The molecule has 0 aromatic heterocycles. The number of anilines is 1. The van der Waals surface area contributed by atoms with Crippen molar-refractivity contribution in [2.45, 2.75) is 24.8 Å². The second kappa shape index (κ2) is 11.4. The van der Waals surface area contributed by atoms with Gasteiger partial charge >= 0.3 is 5.97 Å². The van der Waals surface area contributed by atoms with Crippen LogP contribution in [0.4, 0.5) is 5.69 Å². The van der Waals surface area contributed by atoms with E-state index in [9.17, 15) is 22.8 Å². The summed E-state index contributed by atoms with van der Waals surface area (Å²) in [6.07, 6.45) is 0. The normalized spacial score (nSPS) is 11.9. The second-order valence-electron chi connectivity index (χ2n) is 7.29. The van der Waals surface area contributed by atoms with Gasteiger partial charge < -0.3 is 19.7 Å². The van der Waals surface area contributed by atoms with Crippen LogP contribution >= 0.6 is 0 Å². The van der Waals surface area contributed by atoms with Gasteiger partial charge in [0.25, 0.3) is 5.91 Å². The van der Waals surface area contributed by atoms with Gasteiger partial charge in [-0.25, -0.2) is 8.42 Å². The van der Waals surface area contributed by atoms with Crippen LogP contribution in [0, 0.1) is 6.92 Å². The molecular weight excluding hydrogens is 450 g/mol. The lowest BCUT2D eigenvalue weighted by Gasteiger charge is -2.18. The number of ether oxygens (including phenoxy) is 2. The predicted octanol–water partition coefficient (Wildman–Crippen LogP) is 1.31. The fourth-order valence-electron chi connectivity index (χ4n) is 2.61. The summed E-state index contributed by atoms with van der Waals surface area (Å²) in [5.74, 6) is -1.48. The monoisotopic (exact) mass is 477 g/mol. The van der Waals surface area contributed by atoms with Crippen LogP contribution in [0.25, 0.3) is 0 Å². The highest BCUT2D eigenvalue weighted by Crippen LogP contribution is 2.15. The molecule has 2 rings (SSSR count). The SMILES string of the molecule is COc1ccc(S(=O)(=O)NC(C)C(=O)OCC(=O)N(C)CC(=O)Nc2ccc(C)cc2)cc1. The first kappa shape index (κ1) is 25.8. The number of likely N-dealkylation sites (N-methyl/N-ethyl adjacent to an activating group) is 1. The number of aryl methyl sites for hydroxylation is 1. The van der Waals surface area contributed by atoms with Gasteiger partial charge in [-0.15, -0.1) is 0 Å².